The van der Waals surface area contributed by atoms with Crippen molar-refractivity contribution in [2.24, 2.45) is 11.7 Å². The van der Waals surface area contributed by atoms with Crippen LogP contribution in [0.5, 0.6) is 0 Å². The Morgan fingerprint density at radius 1 is 1.17 bits per heavy atom. The monoisotopic (exact) mass is 269 g/mol. The molecule has 0 amide bonds. The van der Waals surface area contributed by atoms with E-state index in [2.05, 4.69) is 0 Å². The van der Waals surface area contributed by atoms with Crippen LogP contribution in [0.4, 0.5) is 4.39 Å². The van der Waals surface area contributed by atoms with E-state index in [1.807, 2.05) is 0 Å². The lowest BCUT2D eigenvalue weighted by atomic mass is 10.0. The largest absolute Gasteiger partial charge is 0.330 e. The normalized spacial score (nSPS) is 26.6. The van der Waals surface area contributed by atoms with Gasteiger partial charge in [-0.25, -0.2) is 4.39 Å². The molecule has 1 aliphatic carbocycles. The zero-order valence-corrected chi connectivity index (χ0v) is 11.3. The molecule has 18 heavy (non-hydrogen) atoms. The van der Waals surface area contributed by atoms with Crippen LogP contribution < -0.4 is 5.73 Å². The fourth-order valence-electron chi connectivity index (χ4n) is 2.65. The van der Waals surface area contributed by atoms with Crippen molar-refractivity contribution in [1.29, 1.82) is 0 Å². The minimum atomic E-state index is -1.07. The molecule has 100 valence electrons. The van der Waals surface area contributed by atoms with Crippen LogP contribution in [-0.2, 0) is 10.8 Å². The molecule has 1 aromatic rings. The fraction of sp³-hybridized carbons (Fsp3) is 0.571. The Morgan fingerprint density at radius 3 is 2.50 bits per heavy atom. The Labute approximate surface area is 110 Å². The van der Waals surface area contributed by atoms with Crippen LogP contribution in [0.15, 0.2) is 29.2 Å². The Balaban J connectivity index is 2.17. The van der Waals surface area contributed by atoms with Crippen LogP contribution in [0.2, 0.25) is 0 Å². The Bertz CT molecular complexity index is 407. The van der Waals surface area contributed by atoms with Gasteiger partial charge in [-0.1, -0.05) is 19.3 Å². The zero-order chi connectivity index (χ0) is 13.0. The molecule has 3 atom stereocenters. The number of hydrogen-bond donors (Lipinski definition) is 1. The molecule has 0 radical (unpaired) electrons. The molecule has 1 aliphatic rings. The van der Waals surface area contributed by atoms with E-state index >= 15 is 0 Å². The van der Waals surface area contributed by atoms with Gasteiger partial charge in [-0.3, -0.25) is 4.21 Å². The van der Waals surface area contributed by atoms with Gasteiger partial charge in [0.15, 0.2) is 0 Å². The van der Waals surface area contributed by atoms with Crippen LogP contribution in [0, 0.1) is 11.7 Å². The van der Waals surface area contributed by atoms with Crippen molar-refractivity contribution < 1.29 is 8.60 Å². The molecule has 3 unspecified atom stereocenters. The Hall–Kier alpha value is -0.740. The van der Waals surface area contributed by atoms with Crippen molar-refractivity contribution in [2.45, 2.75) is 42.2 Å². The van der Waals surface area contributed by atoms with E-state index in [1.54, 1.807) is 12.1 Å². The molecule has 1 aromatic carbocycles. The molecule has 1 saturated carbocycles. The summed E-state index contributed by atoms with van der Waals surface area (Å²) < 4.78 is 25.4. The van der Waals surface area contributed by atoms with Gasteiger partial charge in [-0.2, -0.15) is 0 Å². The Kier molecular flexibility index (Phi) is 4.89. The highest BCUT2D eigenvalue weighted by atomic mass is 32.2. The van der Waals surface area contributed by atoms with Gasteiger partial charge in [0.2, 0.25) is 0 Å². The van der Waals surface area contributed by atoms with Gasteiger partial charge in [-0.05, 0) is 49.6 Å². The summed E-state index contributed by atoms with van der Waals surface area (Å²) in [5.74, 6) is 0.0466. The summed E-state index contributed by atoms with van der Waals surface area (Å²) in [6.07, 6.45) is 5.53. The highest BCUT2D eigenvalue weighted by Gasteiger charge is 2.28. The lowest BCUT2D eigenvalue weighted by molar-refractivity contribution is 0.473. The van der Waals surface area contributed by atoms with Crippen molar-refractivity contribution in [3.05, 3.63) is 30.1 Å². The highest BCUT2D eigenvalue weighted by Crippen LogP contribution is 2.29. The van der Waals surface area contributed by atoms with Crippen molar-refractivity contribution in [2.75, 3.05) is 6.54 Å². The van der Waals surface area contributed by atoms with Gasteiger partial charge in [0.1, 0.15) is 5.82 Å². The second-order valence-corrected chi connectivity index (χ2v) is 6.60. The molecular formula is C14H20FNOS. The smallest absolute Gasteiger partial charge is 0.123 e. The van der Waals surface area contributed by atoms with Crippen molar-refractivity contribution in [3.63, 3.8) is 0 Å². The number of rotatable bonds is 3. The SMILES string of the molecule is NCC1CCCCCC1S(=O)c1ccc(F)cc1. The predicted molar refractivity (Wildman–Crippen MR) is 72.2 cm³/mol. The second kappa shape index (κ2) is 6.43. The molecule has 0 saturated heterocycles. The Morgan fingerprint density at radius 2 is 1.83 bits per heavy atom. The van der Waals surface area contributed by atoms with E-state index < -0.39 is 10.8 Å². The number of benzene rings is 1. The molecule has 4 heteroatoms. The maximum absolute atomic E-state index is 12.9. The lowest BCUT2D eigenvalue weighted by Gasteiger charge is -2.23. The van der Waals surface area contributed by atoms with Crippen LogP contribution >= 0.6 is 0 Å². The topological polar surface area (TPSA) is 43.1 Å². The molecule has 0 spiro atoms. The van der Waals surface area contributed by atoms with Gasteiger partial charge < -0.3 is 5.73 Å². The van der Waals surface area contributed by atoms with Gasteiger partial charge >= 0.3 is 0 Å². The molecule has 2 rings (SSSR count). The third-order valence-corrected chi connectivity index (χ3v) is 5.62. The first-order valence-electron chi connectivity index (χ1n) is 6.58. The van der Waals surface area contributed by atoms with Crippen molar-refractivity contribution >= 4 is 10.8 Å². The molecular weight excluding hydrogens is 249 g/mol. The van der Waals surface area contributed by atoms with Gasteiger partial charge in [0.05, 0.1) is 10.8 Å². The average Bonchev–Trinajstić information content (AvgIpc) is 2.63. The summed E-state index contributed by atoms with van der Waals surface area (Å²) in [5.41, 5.74) is 5.81. The van der Waals surface area contributed by atoms with Crippen molar-refractivity contribution in [1.82, 2.24) is 0 Å². The molecule has 2 N–H and O–H groups in total. The molecule has 0 aromatic heterocycles. The first-order chi connectivity index (χ1) is 8.72. The number of nitrogens with two attached hydrogens (primary N) is 1. The summed E-state index contributed by atoms with van der Waals surface area (Å²) in [6.45, 7) is 0.595. The van der Waals surface area contributed by atoms with Crippen LogP contribution in [0.1, 0.15) is 32.1 Å². The van der Waals surface area contributed by atoms with Crippen LogP contribution in [0.3, 0.4) is 0 Å². The van der Waals surface area contributed by atoms with Crippen LogP contribution in [0.25, 0.3) is 0 Å². The molecule has 2 nitrogen and oxygen atoms in total. The molecule has 0 heterocycles. The summed E-state index contributed by atoms with van der Waals surface area (Å²) in [7, 11) is -1.07. The average molecular weight is 269 g/mol. The van der Waals surface area contributed by atoms with Crippen LogP contribution in [-0.4, -0.2) is 16.0 Å². The zero-order valence-electron chi connectivity index (χ0n) is 10.5. The van der Waals surface area contributed by atoms with Gasteiger partial charge in [-0.15, -0.1) is 0 Å². The van der Waals surface area contributed by atoms with E-state index in [1.165, 1.54) is 25.0 Å². The summed E-state index contributed by atoms with van der Waals surface area (Å²) >= 11 is 0. The van der Waals surface area contributed by atoms with Crippen molar-refractivity contribution in [3.8, 4) is 0 Å². The van der Waals surface area contributed by atoms with Gasteiger partial charge in [0, 0.05) is 10.1 Å². The molecule has 0 aliphatic heterocycles. The van der Waals surface area contributed by atoms with E-state index in [4.69, 9.17) is 5.73 Å². The van der Waals surface area contributed by atoms with E-state index in [-0.39, 0.29) is 11.1 Å². The quantitative estimate of drug-likeness (QED) is 0.857. The molecule has 1 fully saturated rings. The third-order valence-electron chi connectivity index (χ3n) is 3.71. The number of hydrogen-bond acceptors (Lipinski definition) is 2. The minimum absolute atomic E-state index is 0.128. The van der Waals surface area contributed by atoms with Gasteiger partial charge in [0.25, 0.3) is 0 Å². The third kappa shape index (κ3) is 3.18. The first kappa shape index (κ1) is 13.7. The molecule has 0 bridgehead atoms. The predicted octanol–water partition coefficient (Wildman–Crippen LogP) is 2.84. The van der Waals surface area contributed by atoms with E-state index in [0.717, 1.165) is 24.2 Å². The fourth-order valence-corrected chi connectivity index (χ4v) is 4.38. The maximum Gasteiger partial charge on any atom is 0.123 e. The number of halogens is 1. The summed E-state index contributed by atoms with van der Waals surface area (Å²) in [6, 6.07) is 6.01. The van der Waals surface area contributed by atoms with E-state index in [0.29, 0.717) is 12.5 Å². The first-order valence-corrected chi connectivity index (χ1v) is 7.80. The summed E-state index contributed by atoms with van der Waals surface area (Å²) in [4.78, 5) is 0.724. The summed E-state index contributed by atoms with van der Waals surface area (Å²) in [5, 5.41) is 0.128. The minimum Gasteiger partial charge on any atom is -0.330 e. The second-order valence-electron chi connectivity index (χ2n) is 4.92. The highest BCUT2D eigenvalue weighted by molar-refractivity contribution is 7.85. The lowest BCUT2D eigenvalue weighted by Crippen LogP contribution is -2.30. The van der Waals surface area contributed by atoms with E-state index in [9.17, 15) is 8.60 Å². The standard InChI is InChI=1S/C14H20FNOS/c15-12-6-8-13(9-7-12)18(17)14-5-3-1-2-4-11(14)10-16/h6-9,11,14H,1-5,10,16H2. The maximum atomic E-state index is 12.9.